The lowest BCUT2D eigenvalue weighted by Gasteiger charge is -2.11. The number of carbonyl (C=O) groups excluding carboxylic acids is 2. The highest BCUT2D eigenvalue weighted by atomic mass is 16.7. The Morgan fingerprint density at radius 1 is 0.914 bits per heavy atom. The number of benzene rings is 2. The van der Waals surface area contributed by atoms with Gasteiger partial charge in [-0.15, -0.1) is 0 Å². The molecule has 2 aromatic carbocycles. The van der Waals surface area contributed by atoms with Crippen LogP contribution >= 0.6 is 0 Å². The predicted molar refractivity (Wildman–Crippen MR) is 127 cm³/mol. The molecule has 174 valence electrons. The van der Waals surface area contributed by atoms with Crippen LogP contribution in [0.2, 0.25) is 0 Å². The average molecular weight is 467 g/mol. The Morgan fingerprint density at radius 3 is 2.40 bits per heavy atom. The Morgan fingerprint density at radius 2 is 1.69 bits per heavy atom. The Balaban J connectivity index is 1.65. The lowest BCUT2D eigenvalue weighted by molar-refractivity contribution is -0.154. The number of imidazole rings is 1. The molecule has 0 atom stereocenters. The maximum absolute atomic E-state index is 11.3. The van der Waals surface area contributed by atoms with E-state index in [2.05, 4.69) is 0 Å². The van der Waals surface area contributed by atoms with Crippen molar-refractivity contribution in [2.75, 3.05) is 6.79 Å². The number of hydrogen-bond acceptors (Lipinski definition) is 7. The smallest absolute Gasteiger partial charge is 0.374 e. The molecule has 0 unspecified atom stereocenters. The second-order valence-corrected chi connectivity index (χ2v) is 7.76. The monoisotopic (exact) mass is 467 g/mol. The SMILES string of the molecule is O=CC(=O)OCOc1c(Cc2ccco2)nc2c(Cc3ccccc3)nc(-c3ccccc3)cn12. The first-order valence-corrected chi connectivity index (χ1v) is 11.0. The fraction of sp³-hybridized carbons (Fsp3) is 0.111. The third-order valence-electron chi connectivity index (χ3n) is 5.40. The topological polar surface area (TPSA) is 95.9 Å². The summed E-state index contributed by atoms with van der Waals surface area (Å²) in [6.45, 7) is -0.437. The van der Waals surface area contributed by atoms with Crippen LogP contribution in [0.15, 0.2) is 89.7 Å². The number of hydrogen-bond donors (Lipinski definition) is 0. The number of aldehydes is 1. The van der Waals surface area contributed by atoms with Gasteiger partial charge in [-0.05, 0) is 17.7 Å². The standard InChI is InChI=1S/C27H21N3O5/c31-17-25(32)34-18-35-27-23(15-21-12-7-13-33-21)29-26-22(14-19-8-3-1-4-9-19)28-24(16-30(26)27)20-10-5-2-6-11-20/h1-13,16-17H,14-15,18H2. The highest BCUT2D eigenvalue weighted by molar-refractivity contribution is 6.20. The molecule has 0 saturated heterocycles. The minimum atomic E-state index is -1.01. The van der Waals surface area contributed by atoms with Crippen LogP contribution in [0.25, 0.3) is 16.9 Å². The van der Waals surface area contributed by atoms with Crippen molar-refractivity contribution in [3.63, 3.8) is 0 Å². The van der Waals surface area contributed by atoms with Crippen molar-refractivity contribution in [1.29, 1.82) is 0 Å². The molecule has 3 heterocycles. The highest BCUT2D eigenvalue weighted by Gasteiger charge is 2.21. The second-order valence-electron chi connectivity index (χ2n) is 7.76. The number of ether oxygens (including phenoxy) is 2. The van der Waals surface area contributed by atoms with E-state index in [-0.39, 0.29) is 6.29 Å². The molecule has 0 amide bonds. The largest absolute Gasteiger partial charge is 0.469 e. The van der Waals surface area contributed by atoms with Crippen LogP contribution in [0.3, 0.4) is 0 Å². The molecule has 0 radical (unpaired) electrons. The Bertz CT molecular complexity index is 1450. The van der Waals surface area contributed by atoms with Gasteiger partial charge >= 0.3 is 5.97 Å². The molecule has 8 nitrogen and oxygen atoms in total. The Kier molecular flexibility index (Phi) is 6.34. The van der Waals surface area contributed by atoms with Crippen molar-refractivity contribution in [2.45, 2.75) is 12.8 Å². The summed E-state index contributed by atoms with van der Waals surface area (Å²) >= 11 is 0. The van der Waals surface area contributed by atoms with Gasteiger partial charge in [0.25, 0.3) is 0 Å². The van der Waals surface area contributed by atoms with Gasteiger partial charge in [-0.3, -0.25) is 9.20 Å². The van der Waals surface area contributed by atoms with E-state index < -0.39 is 12.8 Å². The summed E-state index contributed by atoms with van der Waals surface area (Å²) < 4.78 is 18.0. The van der Waals surface area contributed by atoms with E-state index in [9.17, 15) is 9.59 Å². The van der Waals surface area contributed by atoms with Crippen LogP contribution in [0.1, 0.15) is 22.7 Å². The van der Waals surface area contributed by atoms with E-state index in [1.807, 2.05) is 72.9 Å². The normalized spacial score (nSPS) is 10.9. The van der Waals surface area contributed by atoms with Gasteiger partial charge in [-0.25, -0.2) is 14.8 Å². The van der Waals surface area contributed by atoms with Crippen molar-refractivity contribution >= 4 is 17.9 Å². The van der Waals surface area contributed by atoms with Gasteiger partial charge in [0.05, 0.1) is 24.1 Å². The van der Waals surface area contributed by atoms with E-state index in [1.165, 1.54) is 0 Å². The molecule has 0 spiro atoms. The van der Waals surface area contributed by atoms with Gasteiger partial charge in [0.15, 0.2) is 5.65 Å². The van der Waals surface area contributed by atoms with E-state index in [1.54, 1.807) is 16.7 Å². The molecule has 0 aliphatic carbocycles. The maximum atomic E-state index is 11.3. The summed E-state index contributed by atoms with van der Waals surface area (Å²) in [4.78, 5) is 31.8. The first-order chi connectivity index (χ1) is 17.2. The van der Waals surface area contributed by atoms with E-state index in [4.69, 9.17) is 23.9 Å². The summed E-state index contributed by atoms with van der Waals surface area (Å²) in [5.74, 6) is 0.0656. The minimum absolute atomic E-state index is 0.0943. The molecular formula is C27H21N3O5. The fourth-order valence-electron chi connectivity index (χ4n) is 3.81. The Hall–Kier alpha value is -4.72. The van der Waals surface area contributed by atoms with E-state index in [0.29, 0.717) is 35.8 Å². The number of nitrogens with zero attached hydrogens (tertiary/aromatic N) is 3. The van der Waals surface area contributed by atoms with Crippen LogP contribution in [0, 0.1) is 0 Å². The molecular weight excluding hydrogens is 446 g/mol. The molecule has 5 rings (SSSR count). The van der Waals surface area contributed by atoms with Gasteiger partial charge in [-0.1, -0.05) is 60.7 Å². The van der Waals surface area contributed by atoms with Gasteiger partial charge in [0, 0.05) is 18.2 Å². The second kappa shape index (κ2) is 10.0. The molecule has 0 N–H and O–H groups in total. The van der Waals surface area contributed by atoms with Crippen LogP contribution in [-0.2, 0) is 27.2 Å². The Labute approximate surface area is 200 Å². The molecule has 35 heavy (non-hydrogen) atoms. The molecule has 0 bridgehead atoms. The summed E-state index contributed by atoms with van der Waals surface area (Å²) in [6, 6.07) is 23.5. The molecule has 0 aliphatic heterocycles. The van der Waals surface area contributed by atoms with Gasteiger partial charge in [0.1, 0.15) is 11.5 Å². The van der Waals surface area contributed by atoms with Crippen molar-refractivity contribution in [3.05, 3.63) is 108 Å². The number of aromatic nitrogens is 3. The minimum Gasteiger partial charge on any atom is -0.469 e. The third-order valence-corrected chi connectivity index (χ3v) is 5.40. The lowest BCUT2D eigenvalue weighted by Crippen LogP contribution is -2.12. The van der Waals surface area contributed by atoms with E-state index >= 15 is 0 Å². The molecule has 0 fully saturated rings. The van der Waals surface area contributed by atoms with Gasteiger partial charge < -0.3 is 13.9 Å². The van der Waals surface area contributed by atoms with Crippen LogP contribution in [-0.4, -0.2) is 33.4 Å². The fourth-order valence-corrected chi connectivity index (χ4v) is 3.81. The van der Waals surface area contributed by atoms with Gasteiger partial charge in [-0.2, -0.15) is 0 Å². The number of rotatable bonds is 9. The molecule has 3 aromatic heterocycles. The van der Waals surface area contributed by atoms with Crippen LogP contribution < -0.4 is 4.74 Å². The number of esters is 1. The number of fused-ring (bicyclic) bond motifs is 1. The molecule has 0 aliphatic rings. The zero-order valence-corrected chi connectivity index (χ0v) is 18.7. The van der Waals surface area contributed by atoms with Crippen molar-refractivity contribution in [1.82, 2.24) is 14.4 Å². The first-order valence-electron chi connectivity index (χ1n) is 11.0. The summed E-state index contributed by atoms with van der Waals surface area (Å²) in [5.41, 5.74) is 4.72. The molecule has 5 aromatic rings. The summed E-state index contributed by atoms with van der Waals surface area (Å²) in [6.07, 6.45) is 4.44. The highest BCUT2D eigenvalue weighted by Crippen LogP contribution is 2.29. The van der Waals surface area contributed by atoms with E-state index in [0.717, 1.165) is 22.5 Å². The predicted octanol–water partition coefficient (Wildman–Crippen LogP) is 4.25. The zero-order valence-electron chi connectivity index (χ0n) is 18.7. The van der Waals surface area contributed by atoms with Crippen molar-refractivity contribution in [2.24, 2.45) is 0 Å². The summed E-state index contributed by atoms with van der Waals surface area (Å²) in [7, 11) is 0. The van der Waals surface area contributed by atoms with Crippen LogP contribution in [0.5, 0.6) is 5.88 Å². The average Bonchev–Trinajstić information content (AvgIpc) is 3.53. The van der Waals surface area contributed by atoms with Crippen molar-refractivity contribution in [3.8, 4) is 17.1 Å². The third kappa shape index (κ3) is 4.96. The number of carbonyl (C=O) groups is 2. The van der Waals surface area contributed by atoms with Crippen molar-refractivity contribution < 1.29 is 23.5 Å². The molecule has 0 saturated carbocycles. The van der Waals surface area contributed by atoms with Gasteiger partial charge in [0.2, 0.25) is 19.0 Å². The lowest BCUT2D eigenvalue weighted by atomic mass is 10.1. The first kappa shape index (κ1) is 22.1. The zero-order chi connectivity index (χ0) is 24.0. The molecule has 8 heteroatoms. The van der Waals surface area contributed by atoms with Crippen LogP contribution in [0.4, 0.5) is 0 Å². The number of furan rings is 1. The summed E-state index contributed by atoms with van der Waals surface area (Å²) in [5, 5.41) is 0. The maximum Gasteiger partial charge on any atom is 0.374 e. The quantitative estimate of drug-likeness (QED) is 0.138.